The summed E-state index contributed by atoms with van der Waals surface area (Å²) in [5.41, 5.74) is 0.761. The van der Waals surface area contributed by atoms with Crippen molar-refractivity contribution >= 4 is 11.6 Å². The van der Waals surface area contributed by atoms with Gasteiger partial charge in [-0.05, 0) is 13.0 Å². The number of phenols is 1. The molecule has 2 rings (SSSR count). The number of benzene rings is 1. The first-order valence-corrected chi connectivity index (χ1v) is 6.01. The second-order valence-corrected chi connectivity index (χ2v) is 4.56. The number of nitrogens with zero attached hydrogens (tertiary/aromatic N) is 3. The molecule has 96 valence electrons. The quantitative estimate of drug-likeness (QED) is 0.889. The summed E-state index contributed by atoms with van der Waals surface area (Å²) in [6.07, 6.45) is 1.66. The SMILES string of the molecule is CC(NCc1cccc(Cl)c1O)c1nncn1C. The summed E-state index contributed by atoms with van der Waals surface area (Å²) in [6, 6.07) is 5.34. The van der Waals surface area contributed by atoms with E-state index in [0.29, 0.717) is 11.6 Å². The van der Waals surface area contributed by atoms with Crippen molar-refractivity contribution in [3.05, 3.63) is 40.9 Å². The summed E-state index contributed by atoms with van der Waals surface area (Å²) in [5, 5.41) is 21.3. The summed E-state index contributed by atoms with van der Waals surface area (Å²) in [6.45, 7) is 2.51. The molecule has 0 amide bonds. The Bertz CT molecular complexity index is 541. The summed E-state index contributed by atoms with van der Waals surface area (Å²) >= 11 is 5.85. The van der Waals surface area contributed by atoms with E-state index in [0.717, 1.165) is 11.4 Å². The van der Waals surface area contributed by atoms with Crippen LogP contribution < -0.4 is 5.32 Å². The molecular formula is C12H15ClN4O. The summed E-state index contributed by atoms with van der Waals surface area (Å²) in [5.74, 6) is 0.966. The monoisotopic (exact) mass is 266 g/mol. The van der Waals surface area contributed by atoms with E-state index in [-0.39, 0.29) is 11.8 Å². The molecule has 1 unspecified atom stereocenters. The van der Waals surface area contributed by atoms with Gasteiger partial charge in [0.25, 0.3) is 0 Å². The topological polar surface area (TPSA) is 63.0 Å². The van der Waals surface area contributed by atoms with Crippen molar-refractivity contribution in [3.8, 4) is 5.75 Å². The average Bonchev–Trinajstić information content (AvgIpc) is 2.77. The Morgan fingerprint density at radius 3 is 2.94 bits per heavy atom. The Morgan fingerprint density at radius 2 is 2.28 bits per heavy atom. The number of hydrogen-bond donors (Lipinski definition) is 2. The van der Waals surface area contributed by atoms with Gasteiger partial charge in [0.15, 0.2) is 0 Å². The van der Waals surface area contributed by atoms with E-state index in [1.807, 2.05) is 30.7 Å². The molecule has 1 atom stereocenters. The van der Waals surface area contributed by atoms with E-state index in [9.17, 15) is 5.11 Å². The van der Waals surface area contributed by atoms with Gasteiger partial charge in [0.05, 0.1) is 11.1 Å². The summed E-state index contributed by atoms with van der Waals surface area (Å²) < 4.78 is 1.86. The van der Waals surface area contributed by atoms with Crippen molar-refractivity contribution in [3.63, 3.8) is 0 Å². The summed E-state index contributed by atoms with van der Waals surface area (Å²) in [4.78, 5) is 0. The smallest absolute Gasteiger partial charge is 0.149 e. The Kier molecular flexibility index (Phi) is 3.84. The Morgan fingerprint density at radius 1 is 1.50 bits per heavy atom. The first kappa shape index (κ1) is 12.9. The van der Waals surface area contributed by atoms with Gasteiger partial charge in [-0.25, -0.2) is 0 Å². The first-order chi connectivity index (χ1) is 8.59. The maximum Gasteiger partial charge on any atom is 0.149 e. The highest BCUT2D eigenvalue weighted by molar-refractivity contribution is 6.32. The van der Waals surface area contributed by atoms with Crippen LogP contribution in [0.25, 0.3) is 0 Å². The number of phenolic OH excluding ortho intramolecular Hbond substituents is 1. The van der Waals surface area contributed by atoms with Crippen molar-refractivity contribution in [2.45, 2.75) is 19.5 Å². The van der Waals surface area contributed by atoms with Crippen LogP contribution in [0.15, 0.2) is 24.5 Å². The lowest BCUT2D eigenvalue weighted by molar-refractivity contribution is 0.457. The number of para-hydroxylation sites is 1. The zero-order valence-electron chi connectivity index (χ0n) is 10.3. The van der Waals surface area contributed by atoms with E-state index in [4.69, 9.17) is 11.6 Å². The number of nitrogens with one attached hydrogen (secondary N) is 1. The molecule has 0 fully saturated rings. The molecule has 0 saturated carbocycles. The van der Waals surface area contributed by atoms with Gasteiger partial charge in [-0.3, -0.25) is 0 Å². The molecule has 0 spiro atoms. The third-order valence-corrected chi connectivity index (χ3v) is 3.11. The third-order valence-electron chi connectivity index (χ3n) is 2.80. The maximum atomic E-state index is 9.79. The van der Waals surface area contributed by atoms with Crippen LogP contribution in [0.2, 0.25) is 5.02 Å². The highest BCUT2D eigenvalue weighted by atomic mass is 35.5. The molecule has 2 N–H and O–H groups in total. The van der Waals surface area contributed by atoms with Crippen molar-refractivity contribution in [2.24, 2.45) is 7.05 Å². The van der Waals surface area contributed by atoms with Crippen LogP contribution >= 0.6 is 11.6 Å². The lowest BCUT2D eigenvalue weighted by Gasteiger charge is -2.13. The molecule has 0 radical (unpaired) electrons. The van der Waals surface area contributed by atoms with E-state index >= 15 is 0 Å². The fourth-order valence-corrected chi connectivity index (χ4v) is 1.94. The van der Waals surface area contributed by atoms with E-state index < -0.39 is 0 Å². The van der Waals surface area contributed by atoms with Gasteiger partial charge in [0, 0.05) is 19.2 Å². The number of rotatable bonds is 4. The molecule has 1 heterocycles. The molecular weight excluding hydrogens is 252 g/mol. The Balaban J connectivity index is 2.04. The molecule has 0 saturated heterocycles. The number of aromatic nitrogens is 3. The molecule has 6 heteroatoms. The van der Waals surface area contributed by atoms with Gasteiger partial charge in [-0.15, -0.1) is 10.2 Å². The molecule has 0 bridgehead atoms. The molecule has 0 aliphatic rings. The Hall–Kier alpha value is -1.59. The highest BCUT2D eigenvalue weighted by Gasteiger charge is 2.12. The van der Waals surface area contributed by atoms with Crippen molar-refractivity contribution < 1.29 is 5.11 Å². The molecule has 5 nitrogen and oxygen atoms in total. The first-order valence-electron chi connectivity index (χ1n) is 5.63. The summed E-state index contributed by atoms with van der Waals surface area (Å²) in [7, 11) is 1.89. The largest absolute Gasteiger partial charge is 0.506 e. The highest BCUT2D eigenvalue weighted by Crippen LogP contribution is 2.27. The molecule has 2 aromatic rings. The van der Waals surface area contributed by atoms with Crippen LogP contribution in [-0.4, -0.2) is 19.9 Å². The predicted molar refractivity (Wildman–Crippen MR) is 69.4 cm³/mol. The van der Waals surface area contributed by atoms with Gasteiger partial charge >= 0.3 is 0 Å². The second-order valence-electron chi connectivity index (χ2n) is 4.15. The maximum absolute atomic E-state index is 9.79. The van der Waals surface area contributed by atoms with Gasteiger partial charge < -0.3 is 15.0 Å². The number of hydrogen-bond acceptors (Lipinski definition) is 4. The van der Waals surface area contributed by atoms with Crippen molar-refractivity contribution in [2.75, 3.05) is 0 Å². The van der Waals surface area contributed by atoms with Crippen molar-refractivity contribution in [1.82, 2.24) is 20.1 Å². The molecule has 18 heavy (non-hydrogen) atoms. The van der Waals surface area contributed by atoms with Crippen LogP contribution in [0.5, 0.6) is 5.75 Å². The van der Waals surface area contributed by atoms with Gasteiger partial charge in [-0.1, -0.05) is 23.7 Å². The number of halogens is 1. The van der Waals surface area contributed by atoms with Gasteiger partial charge in [-0.2, -0.15) is 0 Å². The number of aryl methyl sites for hydroxylation is 1. The standard InChI is InChI=1S/C12H15ClN4O/c1-8(12-16-15-7-17(12)2)14-6-9-4-3-5-10(13)11(9)18/h3-5,7-8,14,18H,6H2,1-2H3. The molecule has 1 aromatic carbocycles. The minimum absolute atomic E-state index is 0.0379. The molecule has 1 aromatic heterocycles. The van der Waals surface area contributed by atoms with Crippen molar-refractivity contribution in [1.29, 1.82) is 0 Å². The van der Waals surface area contributed by atoms with Crippen LogP contribution in [-0.2, 0) is 13.6 Å². The van der Waals surface area contributed by atoms with E-state index in [2.05, 4.69) is 15.5 Å². The third kappa shape index (κ3) is 2.63. The number of aromatic hydroxyl groups is 1. The van der Waals surface area contributed by atoms with Crippen LogP contribution in [0.4, 0.5) is 0 Å². The van der Waals surface area contributed by atoms with Crippen LogP contribution in [0.1, 0.15) is 24.4 Å². The molecule has 0 aliphatic heterocycles. The minimum atomic E-state index is 0.0379. The lowest BCUT2D eigenvalue weighted by atomic mass is 10.2. The molecule has 0 aliphatic carbocycles. The second kappa shape index (κ2) is 5.37. The zero-order chi connectivity index (χ0) is 13.1. The minimum Gasteiger partial charge on any atom is -0.506 e. The Labute approximate surface area is 110 Å². The van der Waals surface area contributed by atoms with E-state index in [1.54, 1.807) is 12.4 Å². The van der Waals surface area contributed by atoms with E-state index in [1.165, 1.54) is 0 Å². The van der Waals surface area contributed by atoms with Gasteiger partial charge in [0.1, 0.15) is 17.9 Å². The lowest BCUT2D eigenvalue weighted by Crippen LogP contribution is -2.21. The zero-order valence-corrected chi connectivity index (χ0v) is 11.0. The predicted octanol–water partition coefficient (Wildman–Crippen LogP) is 2.02. The average molecular weight is 267 g/mol. The van der Waals surface area contributed by atoms with Gasteiger partial charge in [0.2, 0.25) is 0 Å². The normalized spacial score (nSPS) is 12.6. The van der Waals surface area contributed by atoms with Crippen LogP contribution in [0.3, 0.4) is 0 Å². The fourth-order valence-electron chi connectivity index (χ4n) is 1.74. The van der Waals surface area contributed by atoms with Crippen LogP contribution in [0, 0.1) is 0 Å². The fraction of sp³-hybridized carbons (Fsp3) is 0.333.